The minimum absolute atomic E-state index is 0. The topological polar surface area (TPSA) is 17.6 Å². The fourth-order valence-electron chi connectivity index (χ4n) is 1.03. The molecule has 0 aromatic carbocycles. The summed E-state index contributed by atoms with van der Waals surface area (Å²) in [5.74, 6) is 0. The second kappa shape index (κ2) is 10.8. The van der Waals surface area contributed by atoms with Crippen molar-refractivity contribution in [1.29, 1.82) is 0 Å². The van der Waals surface area contributed by atoms with Gasteiger partial charge in [-0.3, -0.25) is 0 Å². The van der Waals surface area contributed by atoms with Gasteiger partial charge in [0.2, 0.25) is 0 Å². The molecule has 0 aliphatic rings. The molecule has 0 spiro atoms. The molecule has 0 bridgehead atoms. The summed E-state index contributed by atoms with van der Waals surface area (Å²) >= 11 is 0. The van der Waals surface area contributed by atoms with Crippen LogP contribution in [0.15, 0.2) is 24.8 Å². The van der Waals surface area contributed by atoms with Crippen molar-refractivity contribution in [2.45, 2.75) is 0 Å². The van der Waals surface area contributed by atoms with Crippen LogP contribution < -0.4 is 33.9 Å². The van der Waals surface area contributed by atoms with Crippen molar-refractivity contribution in [2.75, 3.05) is 0 Å². The van der Waals surface area contributed by atoms with E-state index in [-0.39, 0.29) is 45.2 Å². The molecule has 0 aliphatic heterocycles. The zero-order valence-electron chi connectivity index (χ0n) is 10.2. The molecule has 0 amide bonds. The third-order valence-electron chi connectivity index (χ3n) is 1.66. The van der Waals surface area contributed by atoms with Crippen molar-refractivity contribution in [1.82, 2.24) is 9.13 Å². The third-order valence-corrected chi connectivity index (χ3v) is 1.66. The van der Waals surface area contributed by atoms with Gasteiger partial charge in [-0.25, -0.2) is 18.3 Å². The van der Waals surface area contributed by atoms with Crippen LogP contribution in [0, 0.1) is 12.7 Å². The Balaban J connectivity index is -0.000000196. The summed E-state index contributed by atoms with van der Waals surface area (Å²) in [5.41, 5.74) is 0. The van der Waals surface area contributed by atoms with Crippen molar-refractivity contribution >= 4 is 0 Å². The summed E-state index contributed by atoms with van der Waals surface area (Å²) in [6, 6.07) is 0. The summed E-state index contributed by atoms with van der Waals surface area (Å²) in [6.45, 7) is 0. The summed E-state index contributed by atoms with van der Waals surface area (Å²) < 4.78 is 7.50. The standard InChI is InChI=1S/2C5H8N2.2ClH.Pd/c2*1-6-3-4-7(2)5-6;;;/h2*3-4H,1-2H3;2*1H;/q2*+1;;;+2/p-2. The van der Waals surface area contributed by atoms with Crippen LogP contribution in [0.1, 0.15) is 0 Å². The Labute approximate surface area is 129 Å². The van der Waals surface area contributed by atoms with Crippen LogP contribution in [0.5, 0.6) is 0 Å². The number of halogens is 2. The minimum Gasteiger partial charge on any atom is -1.00 e. The second-order valence-electron chi connectivity index (χ2n) is 3.24. The number of nitrogens with zero attached hydrogens (tertiary/aromatic N) is 4. The van der Waals surface area contributed by atoms with Gasteiger partial charge in [-0.2, -0.15) is 0 Å². The second-order valence-corrected chi connectivity index (χ2v) is 3.24. The molecule has 0 N–H and O–H groups in total. The van der Waals surface area contributed by atoms with E-state index in [1.54, 1.807) is 0 Å². The van der Waals surface area contributed by atoms with Gasteiger partial charge in [-0.1, -0.05) is 0 Å². The average molecular weight is 370 g/mol. The van der Waals surface area contributed by atoms with Crippen LogP contribution in [-0.2, 0) is 48.6 Å². The molecule has 7 heteroatoms. The van der Waals surface area contributed by atoms with Crippen molar-refractivity contribution in [3.8, 4) is 0 Å². The van der Waals surface area contributed by atoms with Crippen LogP contribution >= 0.6 is 0 Å². The van der Waals surface area contributed by atoms with E-state index in [9.17, 15) is 0 Å². The number of hydrogen-bond donors (Lipinski definition) is 0. The van der Waals surface area contributed by atoms with Gasteiger partial charge in [0.05, 0.1) is 28.2 Å². The number of aromatic nitrogens is 4. The van der Waals surface area contributed by atoms with E-state index in [4.69, 9.17) is 0 Å². The van der Waals surface area contributed by atoms with Crippen molar-refractivity contribution in [2.24, 2.45) is 28.2 Å². The van der Waals surface area contributed by atoms with Gasteiger partial charge < -0.3 is 24.8 Å². The molecule has 0 aliphatic carbocycles. The Kier molecular flexibility index (Phi) is 13.9. The zero-order valence-corrected chi connectivity index (χ0v) is 13.2. The largest absolute Gasteiger partial charge is 2.00 e. The summed E-state index contributed by atoms with van der Waals surface area (Å²) in [7, 11) is 7.78. The Morgan fingerprint density at radius 1 is 0.824 bits per heavy atom. The number of hydrogen-bond acceptors (Lipinski definition) is 0. The molecular formula is C10H16Cl2N4Pd+2. The van der Waals surface area contributed by atoms with Gasteiger partial charge in [-0.15, -0.1) is 0 Å². The predicted molar refractivity (Wildman–Crippen MR) is 50.9 cm³/mol. The first kappa shape index (κ1) is 21.9. The number of rotatable bonds is 0. The van der Waals surface area contributed by atoms with E-state index in [1.165, 1.54) is 0 Å². The Morgan fingerprint density at radius 2 is 1.12 bits per heavy atom. The van der Waals surface area contributed by atoms with Gasteiger partial charge in [0.25, 0.3) is 0 Å². The van der Waals surface area contributed by atoms with E-state index in [0.717, 1.165) is 0 Å². The minimum atomic E-state index is 0. The van der Waals surface area contributed by atoms with Gasteiger partial charge in [0.1, 0.15) is 24.8 Å². The van der Waals surface area contributed by atoms with Gasteiger partial charge in [0, 0.05) is 0 Å². The van der Waals surface area contributed by atoms with Crippen molar-refractivity contribution in [3.63, 3.8) is 0 Å². The maximum absolute atomic E-state index is 2.97. The van der Waals surface area contributed by atoms with Crippen LogP contribution in [0.4, 0.5) is 0 Å². The van der Waals surface area contributed by atoms with Gasteiger partial charge >= 0.3 is 33.1 Å². The van der Waals surface area contributed by atoms with Crippen LogP contribution in [-0.4, -0.2) is 9.13 Å². The molecule has 0 saturated heterocycles. The van der Waals surface area contributed by atoms with Crippen LogP contribution in [0.2, 0.25) is 0 Å². The molecule has 2 rings (SSSR count). The first-order valence-electron chi connectivity index (χ1n) is 4.38. The zero-order chi connectivity index (χ0) is 10.6. The summed E-state index contributed by atoms with van der Waals surface area (Å²) in [4.78, 5) is 0. The van der Waals surface area contributed by atoms with Gasteiger partial charge in [0.15, 0.2) is 0 Å². The molecule has 2 aromatic heterocycles. The predicted octanol–water partition coefficient (Wildman–Crippen LogP) is -6.69. The molecule has 0 unspecified atom stereocenters. The monoisotopic (exact) mass is 368 g/mol. The maximum atomic E-state index is 2.97. The quantitative estimate of drug-likeness (QED) is 0.325. The smallest absolute Gasteiger partial charge is 1.00 e. The molecule has 0 atom stereocenters. The van der Waals surface area contributed by atoms with Gasteiger partial charge in [-0.05, 0) is 0 Å². The van der Waals surface area contributed by atoms with E-state index >= 15 is 0 Å². The Hall–Kier alpha value is -0.338. The average Bonchev–Trinajstić information content (AvgIpc) is 2.63. The summed E-state index contributed by atoms with van der Waals surface area (Å²) in [5, 5.41) is 0. The fraction of sp³-hybridized carbons (Fsp3) is 0.400. The first-order chi connectivity index (χ1) is 6.58. The third kappa shape index (κ3) is 9.37. The number of imidazole rings is 2. The molecule has 17 heavy (non-hydrogen) atoms. The van der Waals surface area contributed by atoms with Crippen LogP contribution in [0.25, 0.3) is 0 Å². The van der Waals surface area contributed by atoms with Crippen LogP contribution in [0.3, 0.4) is 0 Å². The number of aryl methyl sites for hydroxylation is 4. The first-order valence-corrected chi connectivity index (χ1v) is 4.38. The summed E-state index contributed by atoms with van der Waals surface area (Å²) in [6.07, 6.45) is 13.7. The molecule has 2 heterocycles. The molecule has 2 aromatic rings. The normalized spacial score (nSPS) is 7.76. The molecular weight excluding hydrogens is 353 g/mol. The van der Waals surface area contributed by atoms with Crippen molar-refractivity contribution < 1.29 is 54.4 Å². The molecule has 2 radical (unpaired) electrons. The maximum Gasteiger partial charge on any atom is 2.00 e. The Morgan fingerprint density at radius 3 is 1.18 bits per heavy atom. The molecule has 98 valence electrons. The molecule has 4 nitrogen and oxygen atoms in total. The van der Waals surface area contributed by atoms with E-state index in [0.29, 0.717) is 0 Å². The van der Waals surface area contributed by atoms with Crippen molar-refractivity contribution in [3.05, 3.63) is 37.4 Å². The SMILES string of the molecule is Cn1[c][n+](C)cc1.Cn1[c][n+](C)cc1.[Cl-].[Cl-].[Pd+2]. The Bertz CT molecular complexity index is 329. The molecule has 0 fully saturated rings. The van der Waals surface area contributed by atoms with E-state index < -0.39 is 0 Å². The van der Waals surface area contributed by atoms with E-state index in [2.05, 4.69) is 12.7 Å². The molecule has 0 saturated carbocycles. The fourth-order valence-corrected chi connectivity index (χ4v) is 1.03. The van der Waals surface area contributed by atoms with E-state index in [1.807, 2.05) is 71.2 Å².